The van der Waals surface area contributed by atoms with E-state index in [9.17, 15) is 8.42 Å². The topological polar surface area (TPSA) is 98.0 Å². The van der Waals surface area contributed by atoms with E-state index in [4.69, 9.17) is 5.73 Å². The van der Waals surface area contributed by atoms with Gasteiger partial charge >= 0.3 is 0 Å². The summed E-state index contributed by atoms with van der Waals surface area (Å²) < 4.78 is 26.2. The fraction of sp³-hybridized carbons (Fsp3) is 0.429. The fourth-order valence-corrected chi connectivity index (χ4v) is 3.86. The molecule has 3 rings (SSSR count). The van der Waals surface area contributed by atoms with E-state index in [0.717, 1.165) is 0 Å². The van der Waals surface area contributed by atoms with Crippen LogP contribution in [0.3, 0.4) is 0 Å². The first kappa shape index (κ1) is 16.7. The van der Waals surface area contributed by atoms with Crippen LogP contribution in [0.5, 0.6) is 0 Å². The van der Waals surface area contributed by atoms with Gasteiger partial charge in [0, 0.05) is 5.69 Å². The lowest BCUT2D eigenvalue weighted by molar-refractivity contribution is 0.601. The summed E-state index contributed by atoms with van der Waals surface area (Å²) in [5, 5.41) is 8.37. The van der Waals surface area contributed by atoms with Crippen LogP contribution in [-0.4, -0.2) is 18.6 Å². The van der Waals surface area contributed by atoms with Crippen LogP contribution in [0, 0.1) is 6.92 Å². The number of nitrogen functional groups attached to an aromatic ring is 1. The molecule has 0 spiro atoms. The number of anilines is 2. The fourth-order valence-electron chi connectivity index (χ4n) is 2.04. The van der Waals surface area contributed by atoms with E-state index in [-0.39, 0.29) is 10.0 Å². The molecule has 1 saturated carbocycles. The average molecular weight is 340 g/mol. The first-order chi connectivity index (χ1) is 10.5. The van der Waals surface area contributed by atoms with Crippen LogP contribution in [0.25, 0.3) is 0 Å². The molecule has 6 nitrogen and oxygen atoms in total. The maximum absolute atomic E-state index is 11.9. The predicted octanol–water partition coefficient (Wildman–Crippen LogP) is 3.18. The first-order valence-corrected chi connectivity index (χ1v) is 9.46. The molecular formula is C14H20N4O2S2. The highest BCUT2D eigenvalue weighted by Gasteiger charge is 2.15. The summed E-state index contributed by atoms with van der Waals surface area (Å²) in [5.41, 5.74) is 6.00. The maximum atomic E-state index is 11.9. The first-order valence-electron chi connectivity index (χ1n) is 7.16. The second-order valence-electron chi connectivity index (χ2n) is 5.07. The molecule has 0 bridgehead atoms. The third-order valence-corrected chi connectivity index (χ3v) is 5.43. The van der Waals surface area contributed by atoms with Crippen molar-refractivity contribution >= 4 is 32.2 Å². The number of aromatic nitrogens is 2. The van der Waals surface area contributed by atoms with Gasteiger partial charge in [0.1, 0.15) is 5.01 Å². The van der Waals surface area contributed by atoms with Gasteiger partial charge in [0.05, 0.1) is 4.90 Å². The number of benzene rings is 1. The predicted molar refractivity (Wildman–Crippen MR) is 89.4 cm³/mol. The lowest BCUT2D eigenvalue weighted by Gasteiger charge is -2.04. The zero-order chi connectivity index (χ0) is 16.0. The summed E-state index contributed by atoms with van der Waals surface area (Å²) in [6.07, 6.45) is 7.50. The average Bonchev–Trinajstić information content (AvgIpc) is 3.14. The summed E-state index contributed by atoms with van der Waals surface area (Å²) in [4.78, 5) is 0.138. The van der Waals surface area contributed by atoms with E-state index in [1.165, 1.54) is 67.7 Å². The number of aryl methyl sites for hydroxylation is 1. The zero-order valence-electron chi connectivity index (χ0n) is 12.4. The summed E-state index contributed by atoms with van der Waals surface area (Å²) in [6.45, 7) is 1.75. The van der Waals surface area contributed by atoms with Crippen LogP contribution in [-0.2, 0) is 10.0 Å². The van der Waals surface area contributed by atoms with Gasteiger partial charge in [-0.3, -0.25) is 4.72 Å². The van der Waals surface area contributed by atoms with E-state index in [0.29, 0.717) is 10.7 Å². The highest BCUT2D eigenvalue weighted by Crippen LogP contribution is 2.19. The third kappa shape index (κ3) is 4.96. The van der Waals surface area contributed by atoms with Crippen molar-refractivity contribution in [3.63, 3.8) is 0 Å². The van der Waals surface area contributed by atoms with Gasteiger partial charge in [-0.05, 0) is 31.2 Å². The molecule has 1 aromatic heterocycles. The number of sulfonamides is 1. The van der Waals surface area contributed by atoms with Crippen molar-refractivity contribution in [1.82, 2.24) is 10.2 Å². The molecule has 2 aromatic rings. The number of hydrogen-bond donors (Lipinski definition) is 2. The molecule has 8 heteroatoms. The third-order valence-electron chi connectivity index (χ3n) is 3.19. The van der Waals surface area contributed by atoms with Gasteiger partial charge < -0.3 is 5.73 Å². The molecular weight excluding hydrogens is 320 g/mol. The lowest BCUT2D eigenvalue weighted by Crippen LogP contribution is -2.12. The van der Waals surface area contributed by atoms with E-state index < -0.39 is 10.0 Å². The number of nitrogens with zero attached hydrogens (tertiary/aromatic N) is 2. The minimum atomic E-state index is -3.61. The van der Waals surface area contributed by atoms with Crippen molar-refractivity contribution in [1.29, 1.82) is 0 Å². The van der Waals surface area contributed by atoms with Gasteiger partial charge in [-0.2, -0.15) is 0 Å². The summed E-state index contributed by atoms with van der Waals surface area (Å²) in [7, 11) is -3.61. The molecule has 3 N–H and O–H groups in total. The van der Waals surface area contributed by atoms with Gasteiger partial charge in [0.25, 0.3) is 10.0 Å². The van der Waals surface area contributed by atoms with E-state index in [1.54, 1.807) is 6.92 Å². The number of hydrogen-bond acceptors (Lipinski definition) is 6. The van der Waals surface area contributed by atoms with Crippen molar-refractivity contribution in [3.05, 3.63) is 29.3 Å². The van der Waals surface area contributed by atoms with Crippen LogP contribution in [0.15, 0.2) is 29.2 Å². The van der Waals surface area contributed by atoms with Crippen molar-refractivity contribution in [2.45, 2.75) is 43.9 Å². The monoisotopic (exact) mass is 340 g/mol. The maximum Gasteiger partial charge on any atom is 0.263 e. The second kappa shape index (κ2) is 7.55. The van der Waals surface area contributed by atoms with Crippen molar-refractivity contribution < 1.29 is 8.42 Å². The van der Waals surface area contributed by atoms with Gasteiger partial charge in [0.2, 0.25) is 5.13 Å². The normalized spacial score (nSPS) is 14.2. The van der Waals surface area contributed by atoms with Crippen molar-refractivity contribution in [2.24, 2.45) is 0 Å². The number of nitrogens with two attached hydrogens (primary N) is 1. The van der Waals surface area contributed by atoms with E-state index in [1.807, 2.05) is 0 Å². The Morgan fingerprint density at radius 1 is 1.05 bits per heavy atom. The Morgan fingerprint density at radius 2 is 1.59 bits per heavy atom. The standard InChI is InChI=1S/C9H10N4O2S2.C5H10/c1-6-11-12-9(16-6)13-17(14,15)8-4-2-7(10)3-5-8;1-2-4-5-3-1/h2-5H,10H2,1H3,(H,12,13);1-5H2. The Kier molecular flexibility index (Phi) is 5.73. The molecule has 0 amide bonds. The summed E-state index contributed by atoms with van der Waals surface area (Å²) >= 11 is 1.18. The van der Waals surface area contributed by atoms with Crippen LogP contribution < -0.4 is 10.5 Å². The largest absolute Gasteiger partial charge is 0.399 e. The van der Waals surface area contributed by atoms with Crippen LogP contribution in [0.2, 0.25) is 0 Å². The van der Waals surface area contributed by atoms with Crippen LogP contribution >= 0.6 is 11.3 Å². The Balaban J connectivity index is 0.000000299. The molecule has 1 aliphatic carbocycles. The Morgan fingerprint density at radius 3 is 2.05 bits per heavy atom. The van der Waals surface area contributed by atoms with Crippen LogP contribution in [0.1, 0.15) is 37.1 Å². The van der Waals surface area contributed by atoms with Crippen molar-refractivity contribution in [2.75, 3.05) is 10.5 Å². The Labute approximate surface area is 134 Å². The lowest BCUT2D eigenvalue weighted by atomic mass is 10.3. The number of nitrogens with one attached hydrogen (secondary N) is 1. The summed E-state index contributed by atoms with van der Waals surface area (Å²) in [6, 6.07) is 5.93. The van der Waals surface area contributed by atoms with Gasteiger partial charge in [-0.1, -0.05) is 43.4 Å². The SMILES string of the molecule is C1CCCC1.Cc1nnc(NS(=O)(=O)c2ccc(N)cc2)s1. The molecule has 1 fully saturated rings. The van der Waals surface area contributed by atoms with Gasteiger partial charge in [-0.15, -0.1) is 10.2 Å². The summed E-state index contributed by atoms with van der Waals surface area (Å²) in [5.74, 6) is 0. The van der Waals surface area contributed by atoms with Crippen LogP contribution in [0.4, 0.5) is 10.8 Å². The quantitative estimate of drug-likeness (QED) is 0.836. The second-order valence-corrected chi connectivity index (χ2v) is 7.93. The highest BCUT2D eigenvalue weighted by molar-refractivity contribution is 7.93. The van der Waals surface area contributed by atoms with E-state index in [2.05, 4.69) is 14.9 Å². The number of rotatable bonds is 3. The molecule has 1 aromatic carbocycles. The molecule has 120 valence electrons. The molecule has 0 radical (unpaired) electrons. The van der Waals surface area contributed by atoms with Crippen molar-refractivity contribution in [3.8, 4) is 0 Å². The molecule has 0 atom stereocenters. The van der Waals surface area contributed by atoms with Gasteiger partial charge in [0.15, 0.2) is 0 Å². The smallest absolute Gasteiger partial charge is 0.263 e. The highest BCUT2D eigenvalue weighted by atomic mass is 32.2. The Bertz CT molecular complexity index is 684. The molecule has 22 heavy (non-hydrogen) atoms. The zero-order valence-corrected chi connectivity index (χ0v) is 14.1. The minimum Gasteiger partial charge on any atom is -0.399 e. The molecule has 1 aliphatic rings. The van der Waals surface area contributed by atoms with Gasteiger partial charge in [-0.25, -0.2) is 8.42 Å². The molecule has 0 unspecified atom stereocenters. The molecule has 1 heterocycles. The minimum absolute atomic E-state index is 0.138. The Hall–Kier alpha value is -1.67. The molecule has 0 saturated heterocycles. The molecule has 0 aliphatic heterocycles. The van der Waals surface area contributed by atoms with E-state index >= 15 is 0 Å².